The molecule has 1 aromatic carbocycles. The highest BCUT2D eigenvalue weighted by Gasteiger charge is 2.27. The first-order valence-electron chi connectivity index (χ1n) is 8.85. The SMILES string of the molecule is COc1ccc(Cl)cc1NC(=O)CN(C)C(=O)c1ccc(S(=O)(=O)NC(C)(C)C)o1. The lowest BCUT2D eigenvalue weighted by molar-refractivity contribution is -0.116. The quantitative estimate of drug-likeness (QED) is 0.660. The minimum atomic E-state index is -3.92. The van der Waals surface area contributed by atoms with Crippen LogP contribution in [0.2, 0.25) is 5.02 Å². The summed E-state index contributed by atoms with van der Waals surface area (Å²) in [4.78, 5) is 25.9. The van der Waals surface area contributed by atoms with Gasteiger partial charge in [-0.3, -0.25) is 9.59 Å². The van der Waals surface area contributed by atoms with E-state index in [1.165, 1.54) is 32.4 Å². The first-order valence-corrected chi connectivity index (χ1v) is 10.7. The Morgan fingerprint density at radius 2 is 1.87 bits per heavy atom. The number of ether oxygens (including phenoxy) is 1. The van der Waals surface area contributed by atoms with Crippen LogP contribution in [0.4, 0.5) is 5.69 Å². The molecule has 1 heterocycles. The first-order chi connectivity index (χ1) is 13.8. The number of hydrogen-bond donors (Lipinski definition) is 2. The van der Waals surface area contributed by atoms with Crippen LogP contribution in [0.15, 0.2) is 39.8 Å². The van der Waals surface area contributed by atoms with Gasteiger partial charge in [0.15, 0.2) is 5.76 Å². The summed E-state index contributed by atoms with van der Waals surface area (Å²) in [6, 6.07) is 7.16. The number of likely N-dealkylation sites (N-methyl/N-ethyl adjacent to an activating group) is 1. The van der Waals surface area contributed by atoms with E-state index in [4.69, 9.17) is 20.8 Å². The highest BCUT2D eigenvalue weighted by atomic mass is 35.5. The molecule has 0 saturated heterocycles. The van der Waals surface area contributed by atoms with Crippen LogP contribution in [0, 0.1) is 0 Å². The summed E-state index contributed by atoms with van der Waals surface area (Å²) in [5.41, 5.74) is -0.359. The van der Waals surface area contributed by atoms with Gasteiger partial charge in [0.25, 0.3) is 15.9 Å². The largest absolute Gasteiger partial charge is 0.495 e. The van der Waals surface area contributed by atoms with E-state index in [-0.39, 0.29) is 17.4 Å². The van der Waals surface area contributed by atoms with Crippen molar-refractivity contribution in [3.05, 3.63) is 41.1 Å². The zero-order valence-electron chi connectivity index (χ0n) is 17.3. The fourth-order valence-electron chi connectivity index (χ4n) is 2.48. The summed E-state index contributed by atoms with van der Waals surface area (Å²) in [7, 11) is -1.08. The number of amides is 2. The van der Waals surface area contributed by atoms with Crippen molar-refractivity contribution in [2.75, 3.05) is 26.0 Å². The van der Waals surface area contributed by atoms with Crippen molar-refractivity contribution in [2.24, 2.45) is 0 Å². The Kier molecular flexibility index (Phi) is 7.17. The number of sulfonamides is 1. The van der Waals surface area contributed by atoms with Crippen LogP contribution in [0.3, 0.4) is 0 Å². The molecule has 0 aliphatic heterocycles. The highest BCUT2D eigenvalue weighted by Crippen LogP contribution is 2.27. The Morgan fingerprint density at radius 3 is 2.47 bits per heavy atom. The third-order valence-corrected chi connectivity index (χ3v) is 5.53. The molecule has 0 aliphatic rings. The number of rotatable bonds is 7. The van der Waals surface area contributed by atoms with E-state index in [0.717, 1.165) is 4.90 Å². The van der Waals surface area contributed by atoms with Gasteiger partial charge >= 0.3 is 0 Å². The van der Waals surface area contributed by atoms with Crippen molar-refractivity contribution >= 4 is 39.1 Å². The maximum Gasteiger partial charge on any atom is 0.289 e. The predicted molar refractivity (Wildman–Crippen MR) is 112 cm³/mol. The minimum absolute atomic E-state index is 0.208. The van der Waals surface area contributed by atoms with E-state index in [1.807, 2.05) is 0 Å². The van der Waals surface area contributed by atoms with Crippen molar-refractivity contribution in [2.45, 2.75) is 31.4 Å². The third kappa shape index (κ3) is 6.22. The lowest BCUT2D eigenvalue weighted by atomic mass is 10.1. The van der Waals surface area contributed by atoms with Gasteiger partial charge in [0.05, 0.1) is 19.3 Å². The summed E-state index contributed by atoms with van der Waals surface area (Å²) in [5.74, 6) is -0.950. The van der Waals surface area contributed by atoms with E-state index in [2.05, 4.69) is 10.0 Å². The smallest absolute Gasteiger partial charge is 0.289 e. The number of furan rings is 1. The molecule has 0 saturated carbocycles. The van der Waals surface area contributed by atoms with Crippen LogP contribution < -0.4 is 14.8 Å². The molecule has 2 aromatic rings. The molecule has 2 rings (SSSR count). The number of anilines is 1. The Labute approximate surface area is 180 Å². The zero-order chi connectivity index (χ0) is 22.7. The molecule has 11 heteroatoms. The zero-order valence-corrected chi connectivity index (χ0v) is 18.8. The van der Waals surface area contributed by atoms with Crippen molar-refractivity contribution in [3.63, 3.8) is 0 Å². The second-order valence-electron chi connectivity index (χ2n) is 7.53. The van der Waals surface area contributed by atoms with Crippen LogP contribution in [0.5, 0.6) is 5.75 Å². The molecule has 2 amide bonds. The molecule has 9 nitrogen and oxygen atoms in total. The van der Waals surface area contributed by atoms with Gasteiger partial charge in [0, 0.05) is 17.6 Å². The van der Waals surface area contributed by atoms with Gasteiger partial charge in [-0.1, -0.05) is 11.6 Å². The lowest BCUT2D eigenvalue weighted by Gasteiger charge is -2.19. The van der Waals surface area contributed by atoms with Gasteiger partial charge in [-0.15, -0.1) is 0 Å². The van der Waals surface area contributed by atoms with Crippen molar-refractivity contribution in [1.82, 2.24) is 9.62 Å². The van der Waals surface area contributed by atoms with E-state index >= 15 is 0 Å². The molecule has 0 bridgehead atoms. The molecule has 2 N–H and O–H groups in total. The molecule has 0 spiro atoms. The van der Waals surface area contributed by atoms with Gasteiger partial charge in [-0.25, -0.2) is 13.1 Å². The average molecular weight is 458 g/mol. The predicted octanol–water partition coefficient (Wildman–Crippen LogP) is 2.73. The van der Waals surface area contributed by atoms with E-state index < -0.39 is 27.4 Å². The molecular formula is C19H24ClN3O6S. The summed E-state index contributed by atoms with van der Waals surface area (Å²) in [6.07, 6.45) is 0. The fourth-order valence-corrected chi connectivity index (χ4v) is 4.00. The normalized spacial score (nSPS) is 11.8. The van der Waals surface area contributed by atoms with E-state index in [0.29, 0.717) is 16.5 Å². The standard InChI is InChI=1S/C19H24ClN3O6S/c1-19(2,3)22-30(26,27)17-9-8-15(29-17)18(25)23(4)11-16(24)21-13-10-12(20)6-7-14(13)28-5/h6-10,22H,11H2,1-5H3,(H,21,24). The average Bonchev–Trinajstić information content (AvgIpc) is 3.10. The van der Waals surface area contributed by atoms with Gasteiger partial charge < -0.3 is 19.4 Å². The highest BCUT2D eigenvalue weighted by molar-refractivity contribution is 7.89. The van der Waals surface area contributed by atoms with Crippen LogP contribution in [-0.4, -0.2) is 51.4 Å². The van der Waals surface area contributed by atoms with Crippen LogP contribution in [-0.2, 0) is 14.8 Å². The van der Waals surface area contributed by atoms with Crippen LogP contribution in [0.25, 0.3) is 0 Å². The van der Waals surface area contributed by atoms with Crippen LogP contribution >= 0.6 is 11.6 Å². The van der Waals surface area contributed by atoms with Gasteiger partial charge in [0.2, 0.25) is 11.0 Å². The van der Waals surface area contributed by atoms with Gasteiger partial charge in [-0.05, 0) is 51.1 Å². The summed E-state index contributed by atoms with van der Waals surface area (Å²) in [5, 5.41) is 2.64. The Bertz CT molecular complexity index is 1040. The molecule has 0 aliphatic carbocycles. The molecular weight excluding hydrogens is 434 g/mol. The van der Waals surface area contributed by atoms with Crippen LogP contribution in [0.1, 0.15) is 31.3 Å². The summed E-state index contributed by atoms with van der Waals surface area (Å²) >= 11 is 5.93. The molecule has 164 valence electrons. The molecule has 0 atom stereocenters. The lowest BCUT2D eigenvalue weighted by Crippen LogP contribution is -2.40. The number of nitrogens with one attached hydrogen (secondary N) is 2. The Morgan fingerprint density at radius 1 is 1.20 bits per heavy atom. The Hall–Kier alpha value is -2.56. The van der Waals surface area contributed by atoms with Gasteiger partial charge in [-0.2, -0.15) is 0 Å². The fraction of sp³-hybridized carbons (Fsp3) is 0.368. The molecule has 0 radical (unpaired) electrons. The maximum absolute atomic E-state index is 12.5. The number of carbonyl (C=O) groups is 2. The van der Waals surface area contributed by atoms with Crippen molar-refractivity contribution < 1.29 is 27.2 Å². The van der Waals surface area contributed by atoms with E-state index in [1.54, 1.807) is 32.9 Å². The third-order valence-electron chi connectivity index (χ3n) is 3.66. The first kappa shape index (κ1) is 23.7. The summed E-state index contributed by atoms with van der Waals surface area (Å²) < 4.78 is 37.4. The monoisotopic (exact) mass is 457 g/mol. The number of methoxy groups -OCH3 is 1. The number of hydrogen-bond acceptors (Lipinski definition) is 6. The number of halogens is 1. The topological polar surface area (TPSA) is 118 Å². The Balaban J connectivity index is 2.07. The van der Waals surface area contributed by atoms with Gasteiger partial charge in [0.1, 0.15) is 5.75 Å². The number of nitrogens with zero attached hydrogens (tertiary/aromatic N) is 1. The number of carbonyl (C=O) groups excluding carboxylic acids is 2. The number of benzene rings is 1. The second kappa shape index (κ2) is 9.07. The maximum atomic E-state index is 12.5. The van der Waals surface area contributed by atoms with E-state index in [9.17, 15) is 18.0 Å². The molecule has 30 heavy (non-hydrogen) atoms. The second-order valence-corrected chi connectivity index (χ2v) is 9.58. The molecule has 0 fully saturated rings. The van der Waals surface area contributed by atoms with Crippen molar-refractivity contribution in [1.29, 1.82) is 0 Å². The van der Waals surface area contributed by atoms with Crippen molar-refractivity contribution in [3.8, 4) is 5.75 Å². The molecule has 0 unspecified atom stereocenters. The summed E-state index contributed by atoms with van der Waals surface area (Å²) in [6.45, 7) is 4.74. The molecule has 1 aromatic heterocycles. The minimum Gasteiger partial charge on any atom is -0.495 e.